The molecule has 3 heteroatoms. The van der Waals surface area contributed by atoms with Crippen LogP contribution in [0.25, 0.3) is 0 Å². The Morgan fingerprint density at radius 1 is 1.57 bits per heavy atom. The lowest BCUT2D eigenvalue weighted by Gasteiger charge is -2.13. The summed E-state index contributed by atoms with van der Waals surface area (Å²) in [6, 6.07) is 3.75. The van der Waals surface area contributed by atoms with Crippen LogP contribution < -0.4 is 4.74 Å². The molecule has 1 unspecified atom stereocenters. The summed E-state index contributed by atoms with van der Waals surface area (Å²) in [7, 11) is 0. The van der Waals surface area contributed by atoms with Gasteiger partial charge in [-0.25, -0.2) is 0 Å². The predicted octanol–water partition coefficient (Wildman–Crippen LogP) is 3.39. The van der Waals surface area contributed by atoms with E-state index in [9.17, 15) is 0 Å². The van der Waals surface area contributed by atoms with E-state index in [0.29, 0.717) is 5.88 Å². The highest BCUT2D eigenvalue weighted by Gasteiger charge is 2.03. The molecule has 0 saturated heterocycles. The van der Waals surface area contributed by atoms with Crippen molar-refractivity contribution < 1.29 is 4.74 Å². The molecule has 1 aromatic heterocycles. The molecule has 0 aliphatic rings. The number of nitrogens with zero attached hydrogens (tertiary/aromatic N) is 1. The van der Waals surface area contributed by atoms with Crippen molar-refractivity contribution in [2.24, 2.45) is 0 Å². The Labute approximate surface area is 90.3 Å². The molecular formula is C11H16ClNO. The third-order valence-corrected chi connectivity index (χ3v) is 2.23. The highest BCUT2D eigenvalue weighted by atomic mass is 35.5. The van der Waals surface area contributed by atoms with Gasteiger partial charge in [0.1, 0.15) is 5.75 Å². The molecule has 78 valence electrons. The maximum absolute atomic E-state index is 5.70. The minimum Gasteiger partial charge on any atom is -0.491 e. The maximum atomic E-state index is 5.70. The summed E-state index contributed by atoms with van der Waals surface area (Å²) in [5.74, 6) is 1.29. The van der Waals surface area contributed by atoms with Gasteiger partial charge in [-0.1, -0.05) is 13.3 Å². The van der Waals surface area contributed by atoms with Crippen molar-refractivity contribution >= 4 is 11.6 Å². The lowest BCUT2D eigenvalue weighted by Crippen LogP contribution is -2.11. The molecule has 0 aliphatic carbocycles. The van der Waals surface area contributed by atoms with Crippen LogP contribution in [0.1, 0.15) is 32.4 Å². The Hall–Kier alpha value is -0.760. The molecule has 0 N–H and O–H groups in total. The molecule has 0 radical (unpaired) electrons. The van der Waals surface area contributed by atoms with E-state index in [1.54, 1.807) is 6.20 Å². The van der Waals surface area contributed by atoms with Crippen LogP contribution in [-0.4, -0.2) is 11.1 Å². The van der Waals surface area contributed by atoms with Crippen molar-refractivity contribution in [3.8, 4) is 5.75 Å². The largest absolute Gasteiger partial charge is 0.491 e. The van der Waals surface area contributed by atoms with Crippen molar-refractivity contribution in [1.82, 2.24) is 4.98 Å². The Morgan fingerprint density at radius 2 is 2.36 bits per heavy atom. The third kappa shape index (κ3) is 3.54. The second kappa shape index (κ2) is 5.86. The maximum Gasteiger partial charge on any atom is 0.123 e. The molecular weight excluding hydrogens is 198 g/mol. The van der Waals surface area contributed by atoms with Crippen LogP contribution in [0, 0.1) is 0 Å². The number of ether oxygens (including phenoxy) is 1. The first-order valence-electron chi connectivity index (χ1n) is 4.93. The first-order chi connectivity index (χ1) is 6.76. The number of rotatable bonds is 5. The van der Waals surface area contributed by atoms with Crippen LogP contribution in [0.2, 0.25) is 0 Å². The molecule has 0 spiro atoms. The van der Waals surface area contributed by atoms with E-state index in [0.717, 1.165) is 24.3 Å². The Morgan fingerprint density at radius 3 is 3.00 bits per heavy atom. The summed E-state index contributed by atoms with van der Waals surface area (Å²) < 4.78 is 5.70. The summed E-state index contributed by atoms with van der Waals surface area (Å²) in [6.07, 6.45) is 4.18. The van der Waals surface area contributed by atoms with Crippen LogP contribution >= 0.6 is 11.6 Å². The van der Waals surface area contributed by atoms with Gasteiger partial charge >= 0.3 is 0 Å². The number of pyridine rings is 1. The van der Waals surface area contributed by atoms with Crippen molar-refractivity contribution in [2.45, 2.75) is 38.7 Å². The molecule has 0 fully saturated rings. The fourth-order valence-corrected chi connectivity index (χ4v) is 1.45. The fourth-order valence-electron chi connectivity index (χ4n) is 1.30. The van der Waals surface area contributed by atoms with E-state index in [1.165, 1.54) is 0 Å². The number of hydrogen-bond donors (Lipinski definition) is 0. The summed E-state index contributed by atoms with van der Waals surface area (Å²) in [5.41, 5.74) is 0.855. The molecule has 1 atom stereocenters. The van der Waals surface area contributed by atoms with Crippen molar-refractivity contribution in [3.05, 3.63) is 24.0 Å². The second-order valence-electron chi connectivity index (χ2n) is 3.33. The Balaban J connectivity index is 2.57. The van der Waals surface area contributed by atoms with E-state index in [1.807, 2.05) is 12.1 Å². The van der Waals surface area contributed by atoms with E-state index < -0.39 is 0 Å². The zero-order chi connectivity index (χ0) is 10.4. The van der Waals surface area contributed by atoms with Gasteiger partial charge in [-0.15, -0.1) is 11.6 Å². The molecule has 0 amide bonds. The number of aromatic nitrogens is 1. The normalized spacial score (nSPS) is 12.5. The van der Waals surface area contributed by atoms with Crippen LogP contribution in [0.5, 0.6) is 5.75 Å². The average molecular weight is 214 g/mol. The summed E-state index contributed by atoms with van der Waals surface area (Å²) in [5, 5.41) is 0. The van der Waals surface area contributed by atoms with Gasteiger partial charge in [0.05, 0.1) is 17.7 Å². The molecule has 0 aliphatic heterocycles. The molecule has 2 nitrogen and oxygen atoms in total. The third-order valence-electron chi connectivity index (χ3n) is 1.96. The minimum absolute atomic E-state index is 0.255. The monoisotopic (exact) mass is 213 g/mol. The first-order valence-corrected chi connectivity index (χ1v) is 5.47. The van der Waals surface area contributed by atoms with Crippen molar-refractivity contribution in [2.75, 3.05) is 0 Å². The zero-order valence-electron chi connectivity index (χ0n) is 8.66. The topological polar surface area (TPSA) is 22.1 Å². The standard InChI is InChI=1S/C11H16ClNO/c1-3-4-9(2)14-11-5-6-13-10(7-11)8-12/h5-7,9H,3-4,8H2,1-2H3. The second-order valence-corrected chi connectivity index (χ2v) is 3.60. The van der Waals surface area contributed by atoms with Crippen molar-refractivity contribution in [1.29, 1.82) is 0 Å². The predicted molar refractivity (Wildman–Crippen MR) is 58.8 cm³/mol. The molecule has 0 bridgehead atoms. The smallest absolute Gasteiger partial charge is 0.123 e. The first kappa shape index (κ1) is 11.3. The van der Waals surface area contributed by atoms with Gasteiger partial charge in [0.25, 0.3) is 0 Å². The van der Waals surface area contributed by atoms with Gasteiger partial charge < -0.3 is 4.74 Å². The summed E-state index contributed by atoms with van der Waals surface area (Å²) >= 11 is 5.68. The van der Waals surface area contributed by atoms with Gasteiger partial charge in [0, 0.05) is 12.3 Å². The molecule has 0 aromatic carbocycles. The molecule has 0 saturated carbocycles. The Kier molecular flexibility index (Phi) is 4.74. The van der Waals surface area contributed by atoms with Crippen LogP contribution in [0.15, 0.2) is 18.3 Å². The van der Waals surface area contributed by atoms with Gasteiger partial charge in [-0.3, -0.25) is 4.98 Å². The van der Waals surface area contributed by atoms with Gasteiger partial charge in [0.2, 0.25) is 0 Å². The Bertz CT molecular complexity index is 278. The molecule has 1 rings (SSSR count). The fraction of sp³-hybridized carbons (Fsp3) is 0.545. The van der Waals surface area contributed by atoms with Crippen LogP contribution in [0.3, 0.4) is 0 Å². The van der Waals surface area contributed by atoms with Gasteiger partial charge in [0.15, 0.2) is 0 Å². The van der Waals surface area contributed by atoms with E-state index in [4.69, 9.17) is 16.3 Å². The number of halogens is 1. The summed E-state index contributed by atoms with van der Waals surface area (Å²) in [4.78, 5) is 4.10. The average Bonchev–Trinajstić information content (AvgIpc) is 2.18. The van der Waals surface area contributed by atoms with E-state index >= 15 is 0 Å². The minimum atomic E-state index is 0.255. The quantitative estimate of drug-likeness (QED) is 0.700. The molecule has 1 aromatic rings. The lowest BCUT2D eigenvalue weighted by molar-refractivity contribution is 0.209. The van der Waals surface area contributed by atoms with E-state index in [2.05, 4.69) is 18.8 Å². The molecule has 1 heterocycles. The number of alkyl halides is 1. The van der Waals surface area contributed by atoms with Crippen LogP contribution in [-0.2, 0) is 5.88 Å². The zero-order valence-corrected chi connectivity index (χ0v) is 9.42. The van der Waals surface area contributed by atoms with Gasteiger partial charge in [-0.05, 0) is 19.4 Å². The van der Waals surface area contributed by atoms with E-state index in [-0.39, 0.29) is 6.10 Å². The van der Waals surface area contributed by atoms with Crippen molar-refractivity contribution in [3.63, 3.8) is 0 Å². The SMILES string of the molecule is CCCC(C)Oc1ccnc(CCl)c1. The van der Waals surface area contributed by atoms with Gasteiger partial charge in [-0.2, -0.15) is 0 Å². The highest BCUT2D eigenvalue weighted by Crippen LogP contribution is 2.15. The lowest BCUT2D eigenvalue weighted by atomic mass is 10.2. The molecule has 14 heavy (non-hydrogen) atoms. The number of hydrogen-bond acceptors (Lipinski definition) is 2. The summed E-state index contributed by atoms with van der Waals surface area (Å²) in [6.45, 7) is 4.22. The highest BCUT2D eigenvalue weighted by molar-refractivity contribution is 6.16. The van der Waals surface area contributed by atoms with Crippen LogP contribution in [0.4, 0.5) is 0 Å².